The highest BCUT2D eigenvalue weighted by Gasteiger charge is 2.15. The van der Waals surface area contributed by atoms with Gasteiger partial charge in [0, 0.05) is 17.7 Å². The first-order chi connectivity index (χ1) is 7.62. The summed E-state index contributed by atoms with van der Waals surface area (Å²) in [5.41, 5.74) is 0.498. The lowest BCUT2D eigenvalue weighted by atomic mass is 10.1. The van der Waals surface area contributed by atoms with E-state index < -0.39 is 5.97 Å². The van der Waals surface area contributed by atoms with Crippen LogP contribution in [0, 0.1) is 0 Å². The molecule has 1 rings (SSSR count). The molecular formula is C11H14O5. The minimum Gasteiger partial charge on any atom is -0.496 e. The molecule has 0 heterocycles. The lowest BCUT2D eigenvalue weighted by Crippen LogP contribution is -2.05. The molecule has 1 N–H and O–H groups in total. The van der Waals surface area contributed by atoms with Gasteiger partial charge in [-0.1, -0.05) is 0 Å². The van der Waals surface area contributed by atoms with Gasteiger partial charge in [0.15, 0.2) is 0 Å². The van der Waals surface area contributed by atoms with E-state index in [1.807, 2.05) is 0 Å². The predicted molar refractivity (Wildman–Crippen MR) is 57.4 cm³/mol. The number of hydrogen-bond acceptors (Lipinski definition) is 4. The molecule has 0 amide bonds. The van der Waals surface area contributed by atoms with Gasteiger partial charge in [0.05, 0.1) is 27.8 Å². The summed E-state index contributed by atoms with van der Waals surface area (Å²) >= 11 is 0. The predicted octanol–water partition coefficient (Wildman–Crippen LogP) is 1.34. The number of aliphatic carboxylic acids is 1. The Bertz CT molecular complexity index is 361. The summed E-state index contributed by atoms with van der Waals surface area (Å²) in [5.74, 6) is 0.502. The molecular weight excluding hydrogens is 212 g/mol. The van der Waals surface area contributed by atoms with Crippen molar-refractivity contribution in [1.82, 2.24) is 0 Å². The average molecular weight is 226 g/mol. The molecule has 5 nitrogen and oxygen atoms in total. The van der Waals surface area contributed by atoms with Crippen molar-refractivity contribution in [2.75, 3.05) is 21.3 Å². The lowest BCUT2D eigenvalue weighted by Gasteiger charge is -2.13. The normalized spacial score (nSPS) is 9.69. The second-order valence-electron chi connectivity index (χ2n) is 3.08. The summed E-state index contributed by atoms with van der Waals surface area (Å²) in [6, 6.07) is 3.25. The van der Waals surface area contributed by atoms with Crippen molar-refractivity contribution in [2.24, 2.45) is 0 Å². The van der Waals surface area contributed by atoms with Gasteiger partial charge in [0.1, 0.15) is 17.2 Å². The van der Waals surface area contributed by atoms with Gasteiger partial charge in [-0.15, -0.1) is 0 Å². The van der Waals surface area contributed by atoms with E-state index >= 15 is 0 Å². The van der Waals surface area contributed by atoms with Crippen molar-refractivity contribution >= 4 is 5.97 Å². The Labute approximate surface area is 93.6 Å². The number of carboxylic acids is 1. The van der Waals surface area contributed by atoms with E-state index in [9.17, 15) is 4.79 Å². The van der Waals surface area contributed by atoms with Gasteiger partial charge in [-0.05, 0) is 0 Å². The van der Waals surface area contributed by atoms with Crippen LogP contribution in [0.2, 0.25) is 0 Å². The van der Waals surface area contributed by atoms with Crippen LogP contribution < -0.4 is 14.2 Å². The van der Waals surface area contributed by atoms with Crippen LogP contribution in [-0.4, -0.2) is 32.4 Å². The fourth-order valence-corrected chi connectivity index (χ4v) is 1.40. The minimum absolute atomic E-state index is 0.156. The SMILES string of the molecule is COc1cc(OC)c(CC(=O)O)c(OC)c1. The molecule has 0 aromatic heterocycles. The third-order valence-corrected chi connectivity index (χ3v) is 2.15. The van der Waals surface area contributed by atoms with Gasteiger partial charge in [0.25, 0.3) is 0 Å². The highest BCUT2D eigenvalue weighted by molar-refractivity contribution is 5.73. The highest BCUT2D eigenvalue weighted by Crippen LogP contribution is 2.34. The van der Waals surface area contributed by atoms with E-state index in [1.54, 1.807) is 12.1 Å². The number of carbonyl (C=O) groups is 1. The molecule has 5 heteroatoms. The minimum atomic E-state index is -0.943. The summed E-state index contributed by atoms with van der Waals surface area (Å²) in [5, 5.41) is 8.79. The zero-order valence-electron chi connectivity index (χ0n) is 9.44. The maximum Gasteiger partial charge on any atom is 0.308 e. The first kappa shape index (κ1) is 12.2. The molecule has 0 bridgehead atoms. The third kappa shape index (κ3) is 2.56. The number of ether oxygens (including phenoxy) is 3. The monoisotopic (exact) mass is 226 g/mol. The summed E-state index contributed by atoms with van der Waals surface area (Å²) in [4.78, 5) is 10.7. The molecule has 1 aromatic rings. The highest BCUT2D eigenvalue weighted by atomic mass is 16.5. The zero-order valence-corrected chi connectivity index (χ0v) is 9.44. The summed E-state index contributed by atoms with van der Waals surface area (Å²) < 4.78 is 15.3. The topological polar surface area (TPSA) is 65.0 Å². The van der Waals surface area contributed by atoms with E-state index in [-0.39, 0.29) is 6.42 Å². The van der Waals surface area contributed by atoms with E-state index in [1.165, 1.54) is 21.3 Å². The second kappa shape index (κ2) is 5.25. The third-order valence-electron chi connectivity index (χ3n) is 2.15. The van der Waals surface area contributed by atoms with Crippen molar-refractivity contribution in [1.29, 1.82) is 0 Å². The van der Waals surface area contributed by atoms with Crippen LogP contribution in [0.3, 0.4) is 0 Å². The maximum atomic E-state index is 10.7. The van der Waals surface area contributed by atoms with E-state index in [4.69, 9.17) is 19.3 Å². The van der Waals surface area contributed by atoms with Gasteiger partial charge >= 0.3 is 5.97 Å². The first-order valence-electron chi connectivity index (χ1n) is 4.63. The van der Waals surface area contributed by atoms with Crippen LogP contribution in [0.4, 0.5) is 0 Å². The smallest absolute Gasteiger partial charge is 0.308 e. The van der Waals surface area contributed by atoms with Gasteiger partial charge < -0.3 is 19.3 Å². The Balaban J connectivity index is 3.25. The number of rotatable bonds is 5. The van der Waals surface area contributed by atoms with Crippen molar-refractivity contribution in [3.63, 3.8) is 0 Å². The summed E-state index contributed by atoms with van der Waals surface area (Å²) in [6.07, 6.45) is -0.156. The number of methoxy groups -OCH3 is 3. The molecule has 1 aromatic carbocycles. The molecule has 0 aliphatic rings. The van der Waals surface area contributed by atoms with Gasteiger partial charge in [-0.2, -0.15) is 0 Å². The van der Waals surface area contributed by atoms with Crippen molar-refractivity contribution in [3.05, 3.63) is 17.7 Å². The number of benzene rings is 1. The molecule has 0 spiro atoms. The molecule has 16 heavy (non-hydrogen) atoms. The Hall–Kier alpha value is -1.91. The van der Waals surface area contributed by atoms with Crippen LogP contribution in [0.1, 0.15) is 5.56 Å². The summed E-state index contributed by atoms with van der Waals surface area (Å²) in [7, 11) is 4.46. The molecule has 88 valence electrons. The molecule has 0 saturated heterocycles. The molecule has 0 atom stereocenters. The first-order valence-corrected chi connectivity index (χ1v) is 4.63. The standard InChI is InChI=1S/C11H14O5/c1-14-7-4-9(15-2)8(6-11(12)13)10(5-7)16-3/h4-5H,6H2,1-3H3,(H,12,13). The Morgan fingerprint density at radius 2 is 1.62 bits per heavy atom. The largest absolute Gasteiger partial charge is 0.496 e. The number of hydrogen-bond donors (Lipinski definition) is 1. The lowest BCUT2D eigenvalue weighted by molar-refractivity contribution is -0.136. The van der Waals surface area contributed by atoms with Crippen molar-refractivity contribution in [3.8, 4) is 17.2 Å². The Morgan fingerprint density at radius 1 is 1.12 bits per heavy atom. The fraction of sp³-hybridized carbons (Fsp3) is 0.364. The van der Waals surface area contributed by atoms with Gasteiger partial charge in [-0.3, -0.25) is 4.79 Å². The van der Waals surface area contributed by atoms with Crippen molar-refractivity contribution < 1.29 is 24.1 Å². The second-order valence-corrected chi connectivity index (χ2v) is 3.08. The van der Waals surface area contributed by atoms with Crippen LogP contribution in [0.5, 0.6) is 17.2 Å². The molecule has 0 unspecified atom stereocenters. The Morgan fingerprint density at radius 3 is 1.94 bits per heavy atom. The zero-order chi connectivity index (χ0) is 12.1. The maximum absolute atomic E-state index is 10.7. The van der Waals surface area contributed by atoms with Gasteiger partial charge in [0.2, 0.25) is 0 Å². The van der Waals surface area contributed by atoms with Crippen LogP contribution in [-0.2, 0) is 11.2 Å². The van der Waals surface area contributed by atoms with Gasteiger partial charge in [-0.25, -0.2) is 0 Å². The van der Waals surface area contributed by atoms with Crippen LogP contribution in [0.15, 0.2) is 12.1 Å². The number of carboxylic acid groups (broad SMARTS) is 1. The molecule has 0 aliphatic heterocycles. The summed E-state index contributed by atoms with van der Waals surface area (Å²) in [6.45, 7) is 0. The van der Waals surface area contributed by atoms with Crippen molar-refractivity contribution in [2.45, 2.75) is 6.42 Å². The van der Waals surface area contributed by atoms with Crippen LogP contribution >= 0.6 is 0 Å². The van der Waals surface area contributed by atoms with E-state index in [2.05, 4.69) is 0 Å². The fourth-order valence-electron chi connectivity index (χ4n) is 1.40. The molecule has 0 radical (unpaired) electrons. The van der Waals surface area contributed by atoms with E-state index in [0.717, 1.165) is 0 Å². The molecule has 0 aliphatic carbocycles. The Kier molecular flexibility index (Phi) is 3.99. The quantitative estimate of drug-likeness (QED) is 0.820. The van der Waals surface area contributed by atoms with Crippen LogP contribution in [0.25, 0.3) is 0 Å². The average Bonchev–Trinajstić information content (AvgIpc) is 2.28. The molecule has 0 saturated carbocycles. The molecule has 0 fully saturated rings. The van der Waals surface area contributed by atoms with E-state index in [0.29, 0.717) is 22.8 Å².